The number of halogens is 1. The minimum Gasteiger partial charge on any atom is -0.507 e. The molecule has 0 aromatic heterocycles. The van der Waals surface area contributed by atoms with Gasteiger partial charge >= 0.3 is 0 Å². The average Bonchev–Trinajstić information content (AvgIpc) is 3.14. The van der Waals surface area contributed by atoms with Crippen molar-refractivity contribution in [2.75, 3.05) is 26.2 Å². The molecular formula is C26H22ClNO6. The summed E-state index contributed by atoms with van der Waals surface area (Å²) in [4.78, 5) is 27.9. The van der Waals surface area contributed by atoms with Gasteiger partial charge in [0.25, 0.3) is 11.7 Å². The first kappa shape index (κ1) is 23.2. The molecule has 7 nitrogen and oxygen atoms in total. The molecule has 1 N–H and O–H groups in total. The van der Waals surface area contributed by atoms with Gasteiger partial charge in [0.1, 0.15) is 23.0 Å². The van der Waals surface area contributed by atoms with Crippen molar-refractivity contribution in [2.24, 2.45) is 0 Å². The molecular weight excluding hydrogens is 458 g/mol. The topological polar surface area (TPSA) is 85.3 Å². The van der Waals surface area contributed by atoms with Crippen LogP contribution >= 0.6 is 11.6 Å². The molecule has 1 saturated heterocycles. The van der Waals surface area contributed by atoms with Gasteiger partial charge in [-0.2, -0.15) is 0 Å². The molecule has 1 aliphatic heterocycles. The zero-order valence-corrected chi connectivity index (χ0v) is 19.5. The van der Waals surface area contributed by atoms with Gasteiger partial charge < -0.3 is 19.3 Å². The van der Waals surface area contributed by atoms with E-state index >= 15 is 0 Å². The van der Waals surface area contributed by atoms with E-state index in [2.05, 4.69) is 0 Å². The number of nitrogens with zero attached hydrogens (tertiary/aromatic N) is 1. The first-order valence-corrected chi connectivity index (χ1v) is 10.7. The molecule has 174 valence electrons. The summed E-state index contributed by atoms with van der Waals surface area (Å²) in [6.07, 6.45) is 0. The van der Waals surface area contributed by atoms with E-state index < -0.39 is 23.5 Å². The number of para-hydroxylation sites is 1. The molecule has 1 amide bonds. The monoisotopic (exact) mass is 479 g/mol. The molecule has 1 heterocycles. The van der Waals surface area contributed by atoms with Gasteiger partial charge in [-0.3, -0.25) is 14.5 Å². The van der Waals surface area contributed by atoms with Gasteiger partial charge in [0.05, 0.1) is 43.5 Å². The van der Waals surface area contributed by atoms with Crippen molar-refractivity contribution in [3.8, 4) is 17.2 Å². The van der Waals surface area contributed by atoms with Crippen LogP contribution in [-0.4, -0.2) is 38.1 Å². The van der Waals surface area contributed by atoms with Crippen molar-refractivity contribution in [1.82, 2.24) is 0 Å². The summed E-state index contributed by atoms with van der Waals surface area (Å²) in [6.45, 7) is 0. The Kier molecular flexibility index (Phi) is 6.47. The van der Waals surface area contributed by atoms with Crippen molar-refractivity contribution in [2.45, 2.75) is 6.04 Å². The molecule has 1 fully saturated rings. The number of ether oxygens (including phenoxy) is 3. The van der Waals surface area contributed by atoms with E-state index in [-0.39, 0.29) is 27.7 Å². The van der Waals surface area contributed by atoms with Crippen molar-refractivity contribution in [1.29, 1.82) is 0 Å². The molecule has 0 radical (unpaired) electrons. The third kappa shape index (κ3) is 3.95. The van der Waals surface area contributed by atoms with Crippen LogP contribution < -0.4 is 19.1 Å². The number of rotatable bonds is 6. The fourth-order valence-electron chi connectivity index (χ4n) is 4.01. The van der Waals surface area contributed by atoms with Gasteiger partial charge in [-0.15, -0.1) is 0 Å². The van der Waals surface area contributed by atoms with Gasteiger partial charge in [0.15, 0.2) is 0 Å². The minimum atomic E-state index is -0.913. The maximum absolute atomic E-state index is 13.3. The Bertz CT molecular complexity index is 1290. The Balaban J connectivity index is 2.00. The predicted octanol–water partition coefficient (Wildman–Crippen LogP) is 4.99. The van der Waals surface area contributed by atoms with Crippen LogP contribution in [0.25, 0.3) is 5.76 Å². The third-order valence-electron chi connectivity index (χ3n) is 5.62. The number of hydrogen-bond donors (Lipinski definition) is 1. The quantitative estimate of drug-likeness (QED) is 0.304. The van der Waals surface area contributed by atoms with E-state index in [4.69, 9.17) is 25.8 Å². The molecule has 3 aromatic carbocycles. The maximum Gasteiger partial charge on any atom is 0.300 e. The summed E-state index contributed by atoms with van der Waals surface area (Å²) >= 11 is 6.21. The van der Waals surface area contributed by atoms with Crippen LogP contribution in [0.1, 0.15) is 17.2 Å². The fourth-order valence-corrected chi connectivity index (χ4v) is 4.24. The molecule has 0 spiro atoms. The number of carbonyl (C=O) groups is 2. The smallest absolute Gasteiger partial charge is 0.300 e. The number of aliphatic hydroxyl groups excluding tert-OH is 1. The summed E-state index contributed by atoms with van der Waals surface area (Å²) in [6, 6.07) is 17.8. The highest BCUT2D eigenvalue weighted by molar-refractivity contribution is 6.51. The van der Waals surface area contributed by atoms with E-state index in [0.717, 1.165) is 0 Å². The molecule has 4 rings (SSSR count). The number of anilines is 1. The number of aliphatic hydroxyl groups is 1. The molecule has 0 saturated carbocycles. The summed E-state index contributed by atoms with van der Waals surface area (Å²) in [5.41, 5.74) is 1.17. The Morgan fingerprint density at radius 3 is 2.24 bits per heavy atom. The first-order valence-electron chi connectivity index (χ1n) is 10.3. The lowest BCUT2D eigenvalue weighted by Gasteiger charge is -2.26. The highest BCUT2D eigenvalue weighted by Gasteiger charge is 2.47. The van der Waals surface area contributed by atoms with E-state index in [1.807, 2.05) is 6.07 Å². The van der Waals surface area contributed by atoms with Crippen LogP contribution in [-0.2, 0) is 9.59 Å². The summed E-state index contributed by atoms with van der Waals surface area (Å²) in [7, 11) is 4.37. The zero-order valence-electron chi connectivity index (χ0n) is 18.7. The van der Waals surface area contributed by atoms with Crippen LogP contribution in [0.5, 0.6) is 17.2 Å². The van der Waals surface area contributed by atoms with Crippen LogP contribution in [0.2, 0.25) is 5.02 Å². The molecule has 1 aliphatic rings. The second-order valence-corrected chi connectivity index (χ2v) is 7.88. The van der Waals surface area contributed by atoms with E-state index in [1.54, 1.807) is 48.5 Å². The number of Topliss-reactive ketones (excluding diaryl/α,β-unsaturated/α-hetero) is 1. The van der Waals surface area contributed by atoms with Crippen molar-refractivity contribution >= 4 is 34.7 Å². The summed E-state index contributed by atoms with van der Waals surface area (Å²) in [5.74, 6) is -0.957. The molecule has 1 unspecified atom stereocenters. The van der Waals surface area contributed by atoms with Gasteiger partial charge in [0.2, 0.25) is 0 Å². The van der Waals surface area contributed by atoms with Crippen molar-refractivity contribution in [3.05, 3.63) is 88.5 Å². The van der Waals surface area contributed by atoms with Gasteiger partial charge in [-0.05, 0) is 35.9 Å². The second-order valence-electron chi connectivity index (χ2n) is 7.47. The van der Waals surface area contributed by atoms with Crippen molar-refractivity contribution in [3.63, 3.8) is 0 Å². The molecule has 3 aromatic rings. The van der Waals surface area contributed by atoms with E-state index in [9.17, 15) is 14.7 Å². The first-order chi connectivity index (χ1) is 16.4. The van der Waals surface area contributed by atoms with Crippen molar-refractivity contribution < 1.29 is 28.9 Å². The Morgan fingerprint density at radius 2 is 1.59 bits per heavy atom. The van der Waals surface area contributed by atoms with Gasteiger partial charge in [0, 0.05) is 11.8 Å². The second kappa shape index (κ2) is 9.49. The summed E-state index contributed by atoms with van der Waals surface area (Å²) < 4.78 is 16.0. The molecule has 0 bridgehead atoms. The molecule has 1 atom stereocenters. The number of ketones is 1. The lowest BCUT2D eigenvalue weighted by atomic mass is 9.94. The standard InChI is InChI=1S/C26H22ClNO6/c1-32-17-11-7-8-15(12-17)23-22(25(30)26(31)28(23)16-9-5-4-6-10-16)24(29)18-13-21(34-3)19(27)14-20(18)33-2/h4-14,23,29H,1-3H3/b24-22+. The van der Waals surface area contributed by atoms with E-state index in [1.165, 1.54) is 38.4 Å². The minimum absolute atomic E-state index is 0.0928. The molecule has 34 heavy (non-hydrogen) atoms. The largest absolute Gasteiger partial charge is 0.507 e. The number of amides is 1. The van der Waals surface area contributed by atoms with Crippen LogP contribution in [0, 0.1) is 0 Å². The molecule has 0 aliphatic carbocycles. The normalized spacial score (nSPS) is 17.1. The predicted molar refractivity (Wildman–Crippen MR) is 129 cm³/mol. The van der Waals surface area contributed by atoms with E-state index in [0.29, 0.717) is 17.0 Å². The third-order valence-corrected chi connectivity index (χ3v) is 5.91. The Morgan fingerprint density at radius 1 is 0.882 bits per heavy atom. The number of carbonyl (C=O) groups excluding carboxylic acids is 2. The SMILES string of the molecule is COc1cccc(C2/C(=C(\O)c3cc(OC)c(Cl)cc3OC)C(=O)C(=O)N2c2ccccc2)c1. The lowest BCUT2D eigenvalue weighted by molar-refractivity contribution is -0.132. The zero-order chi connectivity index (χ0) is 24.4. The van der Waals surface area contributed by atoms with Crippen LogP contribution in [0.3, 0.4) is 0 Å². The maximum atomic E-state index is 13.3. The summed E-state index contributed by atoms with van der Waals surface area (Å²) in [5, 5.41) is 11.7. The fraction of sp³-hybridized carbons (Fsp3) is 0.154. The lowest BCUT2D eigenvalue weighted by Crippen LogP contribution is -2.29. The number of methoxy groups -OCH3 is 3. The Hall–Kier alpha value is -3.97. The average molecular weight is 480 g/mol. The number of hydrogen-bond acceptors (Lipinski definition) is 6. The highest BCUT2D eigenvalue weighted by Crippen LogP contribution is 2.45. The molecule has 8 heteroatoms. The highest BCUT2D eigenvalue weighted by atomic mass is 35.5. The van der Waals surface area contributed by atoms with Crippen LogP contribution in [0.4, 0.5) is 5.69 Å². The van der Waals surface area contributed by atoms with Gasteiger partial charge in [-0.1, -0.05) is 41.9 Å². The van der Waals surface area contributed by atoms with Crippen LogP contribution in [0.15, 0.2) is 72.3 Å². The van der Waals surface area contributed by atoms with Gasteiger partial charge in [-0.25, -0.2) is 0 Å². The Labute approximate surface area is 201 Å². The number of benzene rings is 3.